The van der Waals surface area contributed by atoms with E-state index in [1.807, 2.05) is 32.9 Å². The van der Waals surface area contributed by atoms with Crippen LogP contribution in [0, 0.1) is 6.92 Å². The fourth-order valence-corrected chi connectivity index (χ4v) is 4.51. The Morgan fingerprint density at radius 3 is 2.41 bits per heavy atom. The van der Waals surface area contributed by atoms with Crippen LogP contribution in [0.1, 0.15) is 50.3 Å². The van der Waals surface area contributed by atoms with E-state index in [4.69, 9.17) is 23.2 Å². The first-order valence-corrected chi connectivity index (χ1v) is 12.8. The third-order valence-electron chi connectivity index (χ3n) is 5.30. The summed E-state index contributed by atoms with van der Waals surface area (Å²) in [7, 11) is 0. The third kappa shape index (κ3) is 8.02. The predicted octanol–water partition coefficient (Wildman–Crippen LogP) is 6.26. The van der Waals surface area contributed by atoms with Gasteiger partial charge < -0.3 is 10.2 Å². The minimum Gasteiger partial charge on any atom is -0.352 e. The van der Waals surface area contributed by atoms with Gasteiger partial charge in [-0.3, -0.25) is 9.59 Å². The molecule has 0 spiro atoms. The highest BCUT2D eigenvalue weighted by molar-refractivity contribution is 7.99. The Labute approximate surface area is 206 Å². The van der Waals surface area contributed by atoms with Crippen LogP contribution in [-0.4, -0.2) is 34.6 Å². The Balaban J connectivity index is 2.17. The van der Waals surface area contributed by atoms with E-state index in [2.05, 4.69) is 30.4 Å². The van der Waals surface area contributed by atoms with Crippen molar-refractivity contribution in [3.63, 3.8) is 0 Å². The molecule has 2 aromatic carbocycles. The van der Waals surface area contributed by atoms with Crippen LogP contribution in [0.4, 0.5) is 0 Å². The number of carbonyl (C=O) groups excluding carboxylic acids is 2. The van der Waals surface area contributed by atoms with E-state index in [0.717, 1.165) is 17.7 Å². The summed E-state index contributed by atoms with van der Waals surface area (Å²) in [4.78, 5) is 27.9. The molecule has 174 valence electrons. The van der Waals surface area contributed by atoms with Gasteiger partial charge in [0.05, 0.1) is 15.8 Å². The minimum absolute atomic E-state index is 0.0502. The molecule has 2 atom stereocenters. The largest absolute Gasteiger partial charge is 0.352 e. The number of halogens is 2. The van der Waals surface area contributed by atoms with Gasteiger partial charge >= 0.3 is 0 Å². The molecular formula is C25H32Cl2N2O2S. The third-order valence-corrected chi connectivity index (χ3v) is 7.03. The zero-order chi connectivity index (χ0) is 23.7. The summed E-state index contributed by atoms with van der Waals surface area (Å²) in [6.45, 7) is 8.27. The first kappa shape index (κ1) is 26.6. The lowest BCUT2D eigenvalue weighted by Gasteiger charge is -2.31. The monoisotopic (exact) mass is 494 g/mol. The van der Waals surface area contributed by atoms with E-state index in [1.54, 1.807) is 28.8 Å². The van der Waals surface area contributed by atoms with Crippen molar-refractivity contribution >= 4 is 46.8 Å². The van der Waals surface area contributed by atoms with Crippen LogP contribution in [0.25, 0.3) is 0 Å². The van der Waals surface area contributed by atoms with Crippen LogP contribution < -0.4 is 5.32 Å². The summed E-state index contributed by atoms with van der Waals surface area (Å²) in [6, 6.07) is 13.1. The van der Waals surface area contributed by atoms with E-state index in [9.17, 15) is 9.59 Å². The van der Waals surface area contributed by atoms with Crippen molar-refractivity contribution < 1.29 is 9.59 Å². The Kier molecular flexibility index (Phi) is 10.9. The van der Waals surface area contributed by atoms with Crippen LogP contribution in [0.2, 0.25) is 10.0 Å². The standard InChI is InChI=1S/C25H32Cl2N2O2S/c1-5-18(4)28-25(31)23(6-2)29(14-19-10-11-21(26)22(27)13-19)24(30)16-32-15-20-9-7-8-17(3)12-20/h7-13,18,23H,5-6,14-16H2,1-4H3,(H,28,31)/t18-,23+/m1/s1. The molecule has 7 heteroatoms. The predicted molar refractivity (Wildman–Crippen MR) is 136 cm³/mol. The molecule has 0 heterocycles. The van der Waals surface area contributed by atoms with Crippen molar-refractivity contribution in [1.82, 2.24) is 10.2 Å². The van der Waals surface area contributed by atoms with Gasteiger partial charge in [-0.1, -0.05) is 72.9 Å². The molecule has 0 fully saturated rings. The Morgan fingerprint density at radius 2 is 1.78 bits per heavy atom. The summed E-state index contributed by atoms with van der Waals surface area (Å²) in [5, 5.41) is 3.92. The number of aryl methyl sites for hydroxylation is 1. The Hall–Kier alpha value is -1.69. The van der Waals surface area contributed by atoms with Crippen molar-refractivity contribution in [1.29, 1.82) is 0 Å². The molecule has 0 aliphatic carbocycles. The lowest BCUT2D eigenvalue weighted by atomic mass is 10.1. The summed E-state index contributed by atoms with van der Waals surface area (Å²) in [6.07, 6.45) is 1.35. The van der Waals surface area contributed by atoms with E-state index in [1.165, 1.54) is 11.1 Å². The van der Waals surface area contributed by atoms with Gasteiger partial charge in [0.2, 0.25) is 11.8 Å². The number of carbonyl (C=O) groups is 2. The smallest absolute Gasteiger partial charge is 0.243 e. The number of amides is 2. The van der Waals surface area contributed by atoms with Gasteiger partial charge in [0.1, 0.15) is 6.04 Å². The highest BCUT2D eigenvalue weighted by Crippen LogP contribution is 2.24. The number of thioether (sulfide) groups is 1. The highest BCUT2D eigenvalue weighted by atomic mass is 35.5. The van der Waals surface area contributed by atoms with E-state index in [0.29, 0.717) is 28.8 Å². The SMILES string of the molecule is CC[C@@H](C)NC(=O)[C@H](CC)N(Cc1ccc(Cl)c(Cl)c1)C(=O)CSCc1cccc(C)c1. The average molecular weight is 496 g/mol. The Bertz CT molecular complexity index is 923. The topological polar surface area (TPSA) is 49.4 Å². The fraction of sp³-hybridized carbons (Fsp3) is 0.440. The van der Waals surface area contributed by atoms with E-state index < -0.39 is 6.04 Å². The van der Waals surface area contributed by atoms with Gasteiger partial charge in [-0.15, -0.1) is 11.8 Å². The maximum atomic E-state index is 13.3. The molecule has 4 nitrogen and oxygen atoms in total. The maximum absolute atomic E-state index is 13.3. The molecule has 0 unspecified atom stereocenters. The van der Waals surface area contributed by atoms with Crippen molar-refractivity contribution in [3.8, 4) is 0 Å². The minimum atomic E-state index is -0.550. The molecule has 0 aliphatic rings. The van der Waals surface area contributed by atoms with Crippen LogP contribution in [-0.2, 0) is 21.9 Å². The molecular weight excluding hydrogens is 463 g/mol. The first-order valence-electron chi connectivity index (χ1n) is 10.9. The number of nitrogens with one attached hydrogen (secondary N) is 1. The summed E-state index contributed by atoms with van der Waals surface area (Å²) < 4.78 is 0. The summed E-state index contributed by atoms with van der Waals surface area (Å²) in [5.74, 6) is 0.838. The molecule has 0 aromatic heterocycles. The first-order chi connectivity index (χ1) is 15.2. The van der Waals surface area contributed by atoms with Gasteiger partial charge in [-0.05, 0) is 49.9 Å². The molecule has 0 bridgehead atoms. The maximum Gasteiger partial charge on any atom is 0.243 e. The van der Waals surface area contributed by atoms with Crippen LogP contribution in [0.5, 0.6) is 0 Å². The molecule has 2 rings (SSSR count). The normalized spacial score (nSPS) is 12.8. The van der Waals surface area contributed by atoms with E-state index >= 15 is 0 Å². The fourth-order valence-electron chi connectivity index (χ4n) is 3.34. The van der Waals surface area contributed by atoms with Crippen LogP contribution in [0.3, 0.4) is 0 Å². The summed E-state index contributed by atoms with van der Waals surface area (Å²) in [5.41, 5.74) is 3.22. The molecule has 2 aromatic rings. The zero-order valence-corrected chi connectivity index (χ0v) is 21.5. The lowest BCUT2D eigenvalue weighted by molar-refractivity contribution is -0.139. The molecule has 32 heavy (non-hydrogen) atoms. The lowest BCUT2D eigenvalue weighted by Crippen LogP contribution is -2.51. The van der Waals surface area contributed by atoms with Crippen molar-refractivity contribution in [2.45, 2.75) is 64.9 Å². The molecule has 2 amide bonds. The van der Waals surface area contributed by atoms with Crippen molar-refractivity contribution in [3.05, 3.63) is 69.2 Å². The molecule has 0 saturated heterocycles. The second-order valence-corrected chi connectivity index (χ2v) is 9.79. The number of hydrogen-bond acceptors (Lipinski definition) is 3. The second-order valence-electron chi connectivity index (χ2n) is 7.99. The summed E-state index contributed by atoms with van der Waals surface area (Å²) >= 11 is 13.8. The molecule has 0 radical (unpaired) electrons. The molecule has 0 aliphatic heterocycles. The van der Waals surface area contributed by atoms with Gasteiger partial charge in [0, 0.05) is 18.3 Å². The zero-order valence-electron chi connectivity index (χ0n) is 19.2. The van der Waals surface area contributed by atoms with Crippen LogP contribution in [0.15, 0.2) is 42.5 Å². The number of rotatable bonds is 11. The van der Waals surface area contributed by atoms with Gasteiger partial charge in [-0.2, -0.15) is 0 Å². The van der Waals surface area contributed by atoms with Crippen molar-refractivity contribution in [2.75, 3.05) is 5.75 Å². The highest BCUT2D eigenvalue weighted by Gasteiger charge is 2.29. The van der Waals surface area contributed by atoms with Gasteiger partial charge in [-0.25, -0.2) is 0 Å². The second kappa shape index (κ2) is 13.1. The van der Waals surface area contributed by atoms with E-state index in [-0.39, 0.29) is 17.9 Å². The van der Waals surface area contributed by atoms with Gasteiger partial charge in [0.15, 0.2) is 0 Å². The number of hydrogen-bond donors (Lipinski definition) is 1. The van der Waals surface area contributed by atoms with Gasteiger partial charge in [0.25, 0.3) is 0 Å². The number of benzene rings is 2. The van der Waals surface area contributed by atoms with Crippen molar-refractivity contribution in [2.24, 2.45) is 0 Å². The Morgan fingerprint density at radius 1 is 1.03 bits per heavy atom. The molecule has 1 N–H and O–H groups in total. The number of nitrogens with zero attached hydrogens (tertiary/aromatic N) is 1. The quantitative estimate of drug-likeness (QED) is 0.401. The molecule has 0 saturated carbocycles. The van der Waals surface area contributed by atoms with Crippen LogP contribution >= 0.6 is 35.0 Å². The average Bonchev–Trinajstić information content (AvgIpc) is 2.75.